The van der Waals surface area contributed by atoms with E-state index in [9.17, 15) is 0 Å². The van der Waals surface area contributed by atoms with E-state index in [0.29, 0.717) is 0 Å². The summed E-state index contributed by atoms with van der Waals surface area (Å²) in [4.78, 5) is 2.44. The molecule has 272 valence electrons. The summed E-state index contributed by atoms with van der Waals surface area (Å²) in [6.07, 6.45) is 0. The summed E-state index contributed by atoms with van der Waals surface area (Å²) >= 11 is 0. The van der Waals surface area contributed by atoms with Crippen LogP contribution in [0, 0.1) is 0 Å². The number of rotatable bonds is 7. The number of fused-ring (bicyclic) bond motifs is 6. The summed E-state index contributed by atoms with van der Waals surface area (Å²) in [7, 11) is 0. The second-order valence-corrected chi connectivity index (χ2v) is 14.8. The van der Waals surface area contributed by atoms with Crippen LogP contribution in [0.3, 0.4) is 0 Å². The molecule has 0 amide bonds. The van der Waals surface area contributed by atoms with Crippen molar-refractivity contribution in [3.8, 4) is 44.5 Å². The highest BCUT2D eigenvalue weighted by atomic mass is 16.3. The normalized spacial score (nSPS) is 11.4. The van der Waals surface area contributed by atoms with Crippen molar-refractivity contribution in [2.75, 3.05) is 4.90 Å². The molecule has 1 heterocycles. The van der Waals surface area contributed by atoms with Gasteiger partial charge in [-0.2, -0.15) is 0 Å². The van der Waals surface area contributed by atoms with Gasteiger partial charge in [0, 0.05) is 16.6 Å². The molecule has 0 unspecified atom stereocenters. The number of furan rings is 1. The van der Waals surface area contributed by atoms with Crippen LogP contribution in [0.15, 0.2) is 229 Å². The van der Waals surface area contributed by atoms with Crippen LogP contribution in [-0.2, 0) is 0 Å². The molecule has 0 spiro atoms. The largest absolute Gasteiger partial charge is 0.456 e. The van der Waals surface area contributed by atoms with Gasteiger partial charge in [-0.15, -0.1) is 0 Å². The van der Waals surface area contributed by atoms with Crippen LogP contribution in [-0.4, -0.2) is 0 Å². The first-order chi connectivity index (χ1) is 28.8. The van der Waals surface area contributed by atoms with Crippen molar-refractivity contribution in [2.24, 2.45) is 0 Å². The minimum atomic E-state index is 0.855. The van der Waals surface area contributed by atoms with Gasteiger partial charge in [0.05, 0.1) is 16.8 Å². The molecule has 10 aromatic carbocycles. The molecular formula is C56H37NO. The Balaban J connectivity index is 1.20. The lowest BCUT2D eigenvalue weighted by atomic mass is 9.87. The number of hydrogen-bond acceptors (Lipinski definition) is 2. The predicted molar refractivity (Wildman–Crippen MR) is 245 cm³/mol. The van der Waals surface area contributed by atoms with E-state index in [4.69, 9.17) is 4.42 Å². The maximum atomic E-state index is 6.53. The van der Waals surface area contributed by atoms with E-state index >= 15 is 0 Å². The molecule has 11 aromatic rings. The Morgan fingerprint density at radius 3 is 1.62 bits per heavy atom. The summed E-state index contributed by atoms with van der Waals surface area (Å²) in [5, 5.41) is 7.18. The highest BCUT2D eigenvalue weighted by Crippen LogP contribution is 2.50. The standard InChI is InChI=1S/C56H37NO/c1-3-17-38(18-4-1)43-22-9-12-26-48(43)55-45(39-19-5-2-6-20-39)28-15-29-51(55)57(52-30-16-32-54-56(52)49-27-13-14-31-53(49)58-54)42-35-33-40(34-36-42)50-37-41-21-7-8-23-44(41)46-24-10-11-25-47(46)50/h1-37H. The van der Waals surface area contributed by atoms with Gasteiger partial charge < -0.3 is 9.32 Å². The summed E-state index contributed by atoms with van der Waals surface area (Å²) in [6, 6.07) is 80.7. The van der Waals surface area contributed by atoms with Gasteiger partial charge in [-0.25, -0.2) is 0 Å². The van der Waals surface area contributed by atoms with Gasteiger partial charge in [0.2, 0.25) is 0 Å². The third kappa shape index (κ3) is 5.66. The van der Waals surface area contributed by atoms with Crippen LogP contribution in [0.5, 0.6) is 0 Å². The summed E-state index contributed by atoms with van der Waals surface area (Å²) in [5.74, 6) is 0. The monoisotopic (exact) mass is 739 g/mol. The van der Waals surface area contributed by atoms with Crippen LogP contribution >= 0.6 is 0 Å². The zero-order valence-electron chi connectivity index (χ0n) is 31.7. The van der Waals surface area contributed by atoms with E-state index in [-0.39, 0.29) is 0 Å². The van der Waals surface area contributed by atoms with E-state index in [1.807, 2.05) is 6.07 Å². The molecule has 0 aliphatic carbocycles. The molecule has 0 aliphatic rings. The second-order valence-electron chi connectivity index (χ2n) is 14.8. The Morgan fingerprint density at radius 1 is 0.310 bits per heavy atom. The molecule has 0 fully saturated rings. The van der Waals surface area contributed by atoms with E-state index in [2.05, 4.69) is 223 Å². The van der Waals surface area contributed by atoms with Crippen LogP contribution < -0.4 is 4.90 Å². The minimum Gasteiger partial charge on any atom is -0.456 e. The lowest BCUT2D eigenvalue weighted by molar-refractivity contribution is 0.669. The number of nitrogens with zero attached hydrogens (tertiary/aromatic N) is 1. The Bertz CT molecular complexity index is 3270. The summed E-state index contributed by atoms with van der Waals surface area (Å²) < 4.78 is 6.53. The quantitative estimate of drug-likeness (QED) is 0.151. The van der Waals surface area contributed by atoms with E-state index < -0.39 is 0 Å². The smallest absolute Gasteiger partial charge is 0.137 e. The number of benzene rings is 10. The maximum absolute atomic E-state index is 6.53. The molecule has 0 atom stereocenters. The molecular weight excluding hydrogens is 703 g/mol. The SMILES string of the molecule is c1ccc(-c2ccccc2-c2c(-c3ccccc3)cccc2N(c2ccc(-c3cc4ccccc4c4ccccc34)cc2)c2cccc3oc4ccccc4c23)cc1. The predicted octanol–water partition coefficient (Wildman–Crippen LogP) is 16.0. The van der Waals surface area contributed by atoms with Gasteiger partial charge in [0.25, 0.3) is 0 Å². The van der Waals surface area contributed by atoms with E-state index in [1.165, 1.54) is 43.8 Å². The molecule has 58 heavy (non-hydrogen) atoms. The Morgan fingerprint density at radius 2 is 0.845 bits per heavy atom. The van der Waals surface area contributed by atoms with Gasteiger partial charge in [0.1, 0.15) is 11.2 Å². The highest BCUT2D eigenvalue weighted by Gasteiger charge is 2.25. The highest BCUT2D eigenvalue weighted by molar-refractivity contribution is 6.16. The van der Waals surface area contributed by atoms with Crippen molar-refractivity contribution < 1.29 is 4.42 Å². The average molecular weight is 740 g/mol. The molecule has 0 saturated carbocycles. The zero-order chi connectivity index (χ0) is 38.4. The van der Waals surface area contributed by atoms with E-state index in [0.717, 1.165) is 61.3 Å². The molecule has 1 aromatic heterocycles. The number of anilines is 3. The summed E-state index contributed by atoms with van der Waals surface area (Å²) in [6.45, 7) is 0. The molecule has 11 rings (SSSR count). The summed E-state index contributed by atoms with van der Waals surface area (Å²) in [5.41, 5.74) is 14.3. The zero-order valence-corrected chi connectivity index (χ0v) is 31.7. The van der Waals surface area contributed by atoms with Crippen molar-refractivity contribution in [2.45, 2.75) is 0 Å². The van der Waals surface area contributed by atoms with Crippen molar-refractivity contribution in [1.29, 1.82) is 0 Å². The van der Waals surface area contributed by atoms with Crippen LogP contribution in [0.1, 0.15) is 0 Å². The third-order valence-electron chi connectivity index (χ3n) is 11.5. The lowest BCUT2D eigenvalue weighted by Gasteiger charge is -2.30. The van der Waals surface area contributed by atoms with Gasteiger partial charge in [-0.1, -0.05) is 182 Å². The molecule has 0 radical (unpaired) electrons. The third-order valence-corrected chi connectivity index (χ3v) is 11.5. The first kappa shape index (κ1) is 33.6. The fourth-order valence-corrected chi connectivity index (χ4v) is 8.87. The lowest BCUT2D eigenvalue weighted by Crippen LogP contribution is -2.12. The minimum absolute atomic E-state index is 0.855. The van der Waals surface area contributed by atoms with Crippen LogP contribution in [0.25, 0.3) is 88.0 Å². The van der Waals surface area contributed by atoms with E-state index in [1.54, 1.807) is 0 Å². The Labute approximate surface area is 337 Å². The van der Waals surface area contributed by atoms with Gasteiger partial charge in [-0.3, -0.25) is 0 Å². The number of para-hydroxylation sites is 1. The van der Waals surface area contributed by atoms with Crippen LogP contribution in [0.2, 0.25) is 0 Å². The van der Waals surface area contributed by atoms with Gasteiger partial charge in [0.15, 0.2) is 0 Å². The topological polar surface area (TPSA) is 16.4 Å². The first-order valence-electron chi connectivity index (χ1n) is 19.8. The molecule has 0 aliphatic heterocycles. The first-order valence-corrected chi connectivity index (χ1v) is 19.8. The molecule has 2 heteroatoms. The van der Waals surface area contributed by atoms with Crippen molar-refractivity contribution in [3.63, 3.8) is 0 Å². The fourth-order valence-electron chi connectivity index (χ4n) is 8.87. The fraction of sp³-hybridized carbons (Fsp3) is 0. The van der Waals surface area contributed by atoms with Crippen molar-refractivity contribution in [3.05, 3.63) is 224 Å². The average Bonchev–Trinajstić information content (AvgIpc) is 3.69. The second kappa shape index (κ2) is 14.1. The van der Waals surface area contributed by atoms with Gasteiger partial charge in [-0.05, 0) is 103 Å². The van der Waals surface area contributed by atoms with Crippen molar-refractivity contribution >= 4 is 60.5 Å². The van der Waals surface area contributed by atoms with Crippen LogP contribution in [0.4, 0.5) is 17.1 Å². The maximum Gasteiger partial charge on any atom is 0.137 e. The Hall–Kier alpha value is -7.68. The molecule has 0 bridgehead atoms. The number of hydrogen-bond donors (Lipinski definition) is 0. The van der Waals surface area contributed by atoms with Crippen molar-refractivity contribution in [1.82, 2.24) is 0 Å². The molecule has 2 nitrogen and oxygen atoms in total. The van der Waals surface area contributed by atoms with Gasteiger partial charge >= 0.3 is 0 Å². The Kier molecular flexibility index (Phi) is 8.19. The molecule has 0 N–H and O–H groups in total. The molecule has 0 saturated heterocycles.